The number of anilines is 1. The summed E-state index contributed by atoms with van der Waals surface area (Å²) in [5, 5.41) is 2.48. The maximum atomic E-state index is 12.2. The number of carbonyl (C=O) groups is 2. The molecule has 1 aliphatic carbocycles. The second kappa shape index (κ2) is 14.9. The van der Waals surface area contributed by atoms with E-state index in [2.05, 4.69) is 49.9 Å². The number of hydrogen-bond acceptors (Lipinski definition) is 5. The van der Waals surface area contributed by atoms with Crippen LogP contribution in [0.3, 0.4) is 0 Å². The van der Waals surface area contributed by atoms with Crippen LogP contribution in [0.1, 0.15) is 59.3 Å². The minimum absolute atomic E-state index is 0.0707. The van der Waals surface area contributed by atoms with Gasteiger partial charge in [0, 0.05) is 31.1 Å². The van der Waals surface area contributed by atoms with Gasteiger partial charge in [0.2, 0.25) is 0 Å². The first-order valence-electron chi connectivity index (χ1n) is 12.2. The Bertz CT molecular complexity index is 892. The number of unbranched alkanes of at least 4 members (excludes halogenated alkanes) is 2. The molecule has 6 heteroatoms. The Morgan fingerprint density at radius 1 is 1.15 bits per heavy atom. The summed E-state index contributed by atoms with van der Waals surface area (Å²) in [6, 6.07) is 12.8. The fraction of sp³-hybridized carbons (Fsp3) is 0.571. The van der Waals surface area contributed by atoms with Crippen LogP contribution in [0.15, 0.2) is 30.3 Å². The second-order valence-corrected chi connectivity index (χ2v) is 9.23. The standard InChI is InChI=1S/C28H38N2O4/c1-22(2)25-17-16-23(3)20-26(25)34-27(31)21-29-28(32)33-19-13-8-6-5-7-12-18-30(4)24-14-10-9-11-15-24/h9-11,14-15,22-23,25-26H,6,8,13,16-17,19-21H2,1-4H3,(H,29,32)/t23-,25+,26-/m1/s1. The van der Waals surface area contributed by atoms with Crippen LogP contribution in [-0.4, -0.2) is 38.4 Å². The topological polar surface area (TPSA) is 67.9 Å². The normalized spacial score (nSPS) is 19.1. The molecule has 184 valence electrons. The van der Waals surface area contributed by atoms with E-state index in [9.17, 15) is 9.59 Å². The van der Waals surface area contributed by atoms with Gasteiger partial charge in [0.15, 0.2) is 0 Å². The summed E-state index contributed by atoms with van der Waals surface area (Å²) >= 11 is 0. The highest BCUT2D eigenvalue weighted by molar-refractivity contribution is 5.78. The Hall–Kier alpha value is -3.12. The van der Waals surface area contributed by atoms with Crippen molar-refractivity contribution in [2.45, 2.75) is 65.4 Å². The van der Waals surface area contributed by atoms with Crippen LogP contribution in [0, 0.1) is 41.6 Å². The van der Waals surface area contributed by atoms with Crippen molar-refractivity contribution >= 4 is 17.7 Å². The molecule has 1 fully saturated rings. The van der Waals surface area contributed by atoms with Crippen molar-refractivity contribution in [2.24, 2.45) is 17.8 Å². The van der Waals surface area contributed by atoms with Crippen molar-refractivity contribution in [1.29, 1.82) is 0 Å². The molecule has 0 unspecified atom stereocenters. The van der Waals surface area contributed by atoms with Gasteiger partial charge in [0.25, 0.3) is 0 Å². The number of para-hydroxylation sites is 1. The lowest BCUT2D eigenvalue weighted by Crippen LogP contribution is -2.39. The molecule has 1 aromatic rings. The molecule has 1 amide bonds. The predicted octanol–water partition coefficient (Wildman–Crippen LogP) is 4.99. The maximum absolute atomic E-state index is 12.2. The maximum Gasteiger partial charge on any atom is 0.407 e. The Labute approximate surface area is 204 Å². The van der Waals surface area contributed by atoms with E-state index < -0.39 is 12.1 Å². The van der Waals surface area contributed by atoms with E-state index in [1.807, 2.05) is 42.3 Å². The van der Waals surface area contributed by atoms with E-state index in [-0.39, 0.29) is 19.3 Å². The number of nitrogens with zero attached hydrogens (tertiary/aromatic N) is 1. The SMILES string of the molecule is CC(C)[C@@H]1CC[C@@H](C)C[C@H]1OC(=O)CNC(=O)OCCCCC#CC#CN(C)c1ccccc1. The van der Waals surface area contributed by atoms with Crippen LogP contribution in [0.4, 0.5) is 10.5 Å². The minimum Gasteiger partial charge on any atom is -0.461 e. The lowest BCUT2D eigenvalue weighted by molar-refractivity contribution is -0.154. The number of esters is 1. The smallest absolute Gasteiger partial charge is 0.407 e. The molecular formula is C28H38N2O4. The Morgan fingerprint density at radius 3 is 2.65 bits per heavy atom. The number of benzene rings is 1. The molecule has 2 rings (SSSR count). The highest BCUT2D eigenvalue weighted by Gasteiger charge is 2.33. The summed E-state index contributed by atoms with van der Waals surface area (Å²) in [5.74, 6) is 9.68. The van der Waals surface area contributed by atoms with E-state index >= 15 is 0 Å². The molecule has 0 aliphatic heterocycles. The van der Waals surface area contributed by atoms with Gasteiger partial charge in [-0.15, -0.1) is 0 Å². The van der Waals surface area contributed by atoms with Crippen LogP contribution >= 0.6 is 0 Å². The van der Waals surface area contributed by atoms with Crippen molar-refractivity contribution in [3.63, 3.8) is 0 Å². The number of nitrogens with one attached hydrogen (secondary N) is 1. The molecule has 1 N–H and O–H groups in total. The largest absolute Gasteiger partial charge is 0.461 e. The lowest BCUT2D eigenvalue weighted by atomic mass is 9.75. The van der Waals surface area contributed by atoms with Gasteiger partial charge in [0.1, 0.15) is 12.6 Å². The number of alkyl carbamates (subject to hydrolysis) is 1. The second-order valence-electron chi connectivity index (χ2n) is 9.23. The third kappa shape index (κ3) is 10.2. The number of ether oxygens (including phenoxy) is 2. The Morgan fingerprint density at radius 2 is 1.91 bits per heavy atom. The van der Waals surface area contributed by atoms with E-state index in [4.69, 9.17) is 9.47 Å². The van der Waals surface area contributed by atoms with Crippen molar-refractivity contribution < 1.29 is 19.1 Å². The highest BCUT2D eigenvalue weighted by Crippen LogP contribution is 2.35. The fourth-order valence-electron chi connectivity index (χ4n) is 4.07. The summed E-state index contributed by atoms with van der Waals surface area (Å²) in [6.07, 6.45) is 4.64. The third-order valence-corrected chi connectivity index (χ3v) is 6.07. The predicted molar refractivity (Wildman–Crippen MR) is 135 cm³/mol. The number of hydrogen-bond donors (Lipinski definition) is 1. The van der Waals surface area contributed by atoms with E-state index in [0.717, 1.165) is 24.9 Å². The molecule has 1 aliphatic rings. The quantitative estimate of drug-likeness (QED) is 0.240. The summed E-state index contributed by atoms with van der Waals surface area (Å²) < 4.78 is 10.8. The summed E-state index contributed by atoms with van der Waals surface area (Å²) in [6.45, 7) is 6.63. The number of rotatable bonds is 9. The zero-order valence-corrected chi connectivity index (χ0v) is 20.9. The molecular weight excluding hydrogens is 428 g/mol. The molecule has 0 bridgehead atoms. The zero-order valence-electron chi connectivity index (χ0n) is 20.9. The molecule has 0 heterocycles. The first-order chi connectivity index (χ1) is 16.4. The molecule has 0 radical (unpaired) electrons. The lowest BCUT2D eigenvalue weighted by Gasteiger charge is -2.36. The van der Waals surface area contributed by atoms with E-state index in [0.29, 0.717) is 30.6 Å². The average Bonchev–Trinajstić information content (AvgIpc) is 2.82. The minimum atomic E-state index is -0.602. The van der Waals surface area contributed by atoms with Gasteiger partial charge in [0.05, 0.1) is 6.61 Å². The van der Waals surface area contributed by atoms with Crippen LogP contribution in [0.25, 0.3) is 0 Å². The summed E-state index contributed by atoms with van der Waals surface area (Å²) in [5.41, 5.74) is 1.02. The molecule has 3 atom stereocenters. The molecule has 6 nitrogen and oxygen atoms in total. The molecule has 0 aromatic heterocycles. The monoisotopic (exact) mass is 466 g/mol. The van der Waals surface area contributed by atoms with Gasteiger partial charge in [-0.2, -0.15) is 0 Å². The van der Waals surface area contributed by atoms with Crippen molar-refractivity contribution in [3.05, 3.63) is 30.3 Å². The Kier molecular flexibility index (Phi) is 11.9. The van der Waals surface area contributed by atoms with Gasteiger partial charge in [-0.3, -0.25) is 4.79 Å². The van der Waals surface area contributed by atoms with Crippen LogP contribution in [0.5, 0.6) is 0 Å². The Balaban J connectivity index is 1.55. The summed E-state index contributed by atoms with van der Waals surface area (Å²) in [7, 11) is 1.89. The third-order valence-electron chi connectivity index (χ3n) is 6.07. The summed E-state index contributed by atoms with van der Waals surface area (Å²) in [4.78, 5) is 25.8. The van der Waals surface area contributed by atoms with Crippen LogP contribution < -0.4 is 10.2 Å². The molecule has 0 saturated heterocycles. The van der Waals surface area contributed by atoms with Gasteiger partial charge in [-0.05, 0) is 61.5 Å². The molecule has 1 saturated carbocycles. The first-order valence-corrected chi connectivity index (χ1v) is 12.2. The fourth-order valence-corrected chi connectivity index (χ4v) is 4.07. The molecule has 1 aromatic carbocycles. The van der Waals surface area contributed by atoms with Gasteiger partial charge in [-0.25, -0.2) is 4.79 Å². The van der Waals surface area contributed by atoms with Gasteiger partial charge < -0.3 is 19.7 Å². The van der Waals surface area contributed by atoms with Crippen molar-refractivity contribution in [1.82, 2.24) is 5.32 Å². The highest BCUT2D eigenvalue weighted by atomic mass is 16.6. The van der Waals surface area contributed by atoms with Crippen LogP contribution in [0.2, 0.25) is 0 Å². The van der Waals surface area contributed by atoms with Crippen molar-refractivity contribution in [2.75, 3.05) is 25.1 Å². The first kappa shape index (κ1) is 27.1. The number of amides is 1. The van der Waals surface area contributed by atoms with Crippen molar-refractivity contribution in [3.8, 4) is 23.8 Å². The van der Waals surface area contributed by atoms with Crippen LogP contribution in [-0.2, 0) is 14.3 Å². The van der Waals surface area contributed by atoms with Gasteiger partial charge >= 0.3 is 12.1 Å². The van der Waals surface area contributed by atoms with E-state index in [1.54, 1.807) is 0 Å². The van der Waals surface area contributed by atoms with Gasteiger partial charge in [-0.1, -0.05) is 51.3 Å². The van der Waals surface area contributed by atoms with E-state index in [1.165, 1.54) is 6.42 Å². The average molecular weight is 467 g/mol. The molecule has 34 heavy (non-hydrogen) atoms. The number of carbonyl (C=O) groups excluding carboxylic acids is 2. The molecule has 0 spiro atoms. The zero-order chi connectivity index (χ0) is 24.8.